The van der Waals surface area contributed by atoms with Crippen LogP contribution in [-0.4, -0.2) is 26.2 Å². The third-order valence-corrected chi connectivity index (χ3v) is 5.16. The van der Waals surface area contributed by atoms with Crippen LogP contribution in [0.15, 0.2) is 59.5 Å². The maximum Gasteiger partial charge on any atom is 0.275 e. The summed E-state index contributed by atoms with van der Waals surface area (Å²) in [7, 11) is 1.77. The van der Waals surface area contributed by atoms with E-state index in [1.807, 2.05) is 6.92 Å². The van der Waals surface area contributed by atoms with Gasteiger partial charge in [0.15, 0.2) is 16.6 Å². The fraction of sp³-hybridized carbons (Fsp3) is 0.100. The number of hydrogen-bond donors (Lipinski definition) is 1. The third-order valence-electron chi connectivity index (χ3n) is 4.17. The number of anilines is 1. The second kappa shape index (κ2) is 7.24. The number of imidazole rings is 1. The number of aryl methyl sites for hydroxylation is 2. The minimum Gasteiger partial charge on any atom is -0.462 e. The molecule has 28 heavy (non-hydrogen) atoms. The van der Waals surface area contributed by atoms with E-state index in [1.54, 1.807) is 66.7 Å². The van der Waals surface area contributed by atoms with Crippen LogP contribution in [0.4, 0.5) is 5.69 Å². The number of thiazole rings is 1. The zero-order chi connectivity index (χ0) is 19.7. The molecule has 3 aromatic heterocycles. The molecule has 4 rings (SSSR count). The Morgan fingerprint density at radius 1 is 1.18 bits per heavy atom. The Morgan fingerprint density at radius 3 is 2.61 bits per heavy atom. The van der Waals surface area contributed by atoms with Gasteiger partial charge in [-0.1, -0.05) is 0 Å². The molecule has 0 radical (unpaired) electrons. The number of carbonyl (C=O) groups is 2. The van der Waals surface area contributed by atoms with Crippen molar-refractivity contribution in [1.29, 1.82) is 0 Å². The van der Waals surface area contributed by atoms with E-state index in [0.29, 0.717) is 33.5 Å². The Kier molecular flexibility index (Phi) is 4.62. The number of benzene rings is 1. The predicted molar refractivity (Wildman–Crippen MR) is 106 cm³/mol. The molecule has 0 atom stereocenters. The summed E-state index contributed by atoms with van der Waals surface area (Å²) in [6, 6.07) is 10.3. The van der Waals surface area contributed by atoms with Crippen LogP contribution in [-0.2, 0) is 7.05 Å². The number of aromatic nitrogens is 3. The van der Waals surface area contributed by atoms with Crippen LogP contribution in [0, 0.1) is 6.92 Å². The molecule has 0 aliphatic carbocycles. The highest BCUT2D eigenvalue weighted by Crippen LogP contribution is 2.28. The summed E-state index contributed by atoms with van der Waals surface area (Å²) in [5.41, 5.74) is 1.43. The molecule has 0 fully saturated rings. The summed E-state index contributed by atoms with van der Waals surface area (Å²) in [6.45, 7) is 1.84. The number of amides is 1. The van der Waals surface area contributed by atoms with Gasteiger partial charge in [-0.25, -0.2) is 9.97 Å². The molecule has 0 unspecified atom stereocenters. The van der Waals surface area contributed by atoms with Crippen molar-refractivity contribution in [2.45, 2.75) is 6.92 Å². The highest BCUT2D eigenvalue weighted by Gasteiger charge is 2.18. The van der Waals surface area contributed by atoms with Crippen molar-refractivity contribution in [2.75, 3.05) is 5.32 Å². The van der Waals surface area contributed by atoms with Crippen molar-refractivity contribution in [3.63, 3.8) is 0 Å². The van der Waals surface area contributed by atoms with Gasteiger partial charge in [0.05, 0.1) is 6.26 Å². The van der Waals surface area contributed by atoms with E-state index in [9.17, 15) is 9.59 Å². The number of nitrogens with zero attached hydrogens (tertiary/aromatic N) is 3. The van der Waals surface area contributed by atoms with Crippen molar-refractivity contribution in [1.82, 2.24) is 14.5 Å². The zero-order valence-electron chi connectivity index (χ0n) is 15.2. The van der Waals surface area contributed by atoms with Gasteiger partial charge in [-0.05, 0) is 43.3 Å². The van der Waals surface area contributed by atoms with E-state index < -0.39 is 0 Å². The van der Waals surface area contributed by atoms with Gasteiger partial charge in [0.2, 0.25) is 5.78 Å². The van der Waals surface area contributed by atoms with E-state index in [4.69, 9.17) is 4.42 Å². The molecule has 4 aromatic rings. The molecule has 0 bridgehead atoms. The Bertz CT molecular complexity index is 1140. The standard InChI is InChI=1S/C20H16N4O3S/c1-12-16(23-20(28-12)15-4-3-11-27-15)19(26)22-14-7-5-13(6-8-14)17(25)18-21-9-10-24(18)2/h3-11H,1-2H3,(H,22,26). The molecular weight excluding hydrogens is 376 g/mol. The van der Waals surface area contributed by atoms with Crippen molar-refractivity contribution in [3.8, 4) is 10.8 Å². The van der Waals surface area contributed by atoms with E-state index in [1.165, 1.54) is 11.3 Å². The first-order valence-electron chi connectivity index (χ1n) is 8.47. The Morgan fingerprint density at radius 2 is 1.96 bits per heavy atom. The smallest absolute Gasteiger partial charge is 0.275 e. The number of nitrogens with one attached hydrogen (secondary N) is 1. The topological polar surface area (TPSA) is 90.0 Å². The lowest BCUT2D eigenvalue weighted by atomic mass is 10.1. The van der Waals surface area contributed by atoms with Gasteiger partial charge in [0.1, 0.15) is 5.69 Å². The number of furan rings is 1. The lowest BCUT2D eigenvalue weighted by Crippen LogP contribution is -2.14. The van der Waals surface area contributed by atoms with Crippen LogP contribution in [0.1, 0.15) is 31.5 Å². The van der Waals surface area contributed by atoms with Crippen molar-refractivity contribution in [2.24, 2.45) is 7.05 Å². The second-order valence-corrected chi connectivity index (χ2v) is 7.33. The Hall–Kier alpha value is -3.52. The van der Waals surface area contributed by atoms with Crippen molar-refractivity contribution in [3.05, 3.63) is 77.0 Å². The molecule has 0 aliphatic heterocycles. The lowest BCUT2D eigenvalue weighted by molar-refractivity contribution is 0.101. The van der Waals surface area contributed by atoms with Gasteiger partial charge in [0.25, 0.3) is 5.91 Å². The lowest BCUT2D eigenvalue weighted by Gasteiger charge is -2.06. The van der Waals surface area contributed by atoms with E-state index >= 15 is 0 Å². The molecule has 140 valence electrons. The van der Waals surface area contributed by atoms with E-state index in [-0.39, 0.29) is 11.7 Å². The SMILES string of the molecule is Cc1sc(-c2ccco2)nc1C(=O)Nc1ccc(C(=O)c2nccn2C)cc1. The molecule has 1 aromatic carbocycles. The van der Waals surface area contributed by atoms with E-state index in [2.05, 4.69) is 15.3 Å². The third kappa shape index (κ3) is 3.37. The highest BCUT2D eigenvalue weighted by atomic mass is 32.1. The highest BCUT2D eigenvalue weighted by molar-refractivity contribution is 7.15. The number of hydrogen-bond acceptors (Lipinski definition) is 6. The zero-order valence-corrected chi connectivity index (χ0v) is 16.0. The molecule has 3 heterocycles. The van der Waals surface area contributed by atoms with Gasteiger partial charge < -0.3 is 14.3 Å². The Labute approximate surface area is 164 Å². The van der Waals surface area contributed by atoms with Crippen LogP contribution in [0.25, 0.3) is 10.8 Å². The second-order valence-electron chi connectivity index (χ2n) is 6.12. The summed E-state index contributed by atoms with van der Waals surface area (Å²) in [6.07, 6.45) is 4.86. The maximum absolute atomic E-state index is 12.6. The first-order valence-corrected chi connectivity index (χ1v) is 9.29. The predicted octanol–water partition coefficient (Wildman–Crippen LogP) is 3.93. The van der Waals surface area contributed by atoms with Gasteiger partial charge in [-0.3, -0.25) is 9.59 Å². The van der Waals surface area contributed by atoms with Crippen LogP contribution < -0.4 is 5.32 Å². The van der Waals surface area contributed by atoms with Crippen molar-refractivity contribution >= 4 is 28.7 Å². The summed E-state index contributed by atoms with van der Waals surface area (Å²) in [5, 5.41) is 3.47. The summed E-state index contributed by atoms with van der Waals surface area (Å²) in [5.74, 6) is 0.503. The first kappa shape index (κ1) is 17.9. The normalized spacial score (nSPS) is 10.8. The maximum atomic E-state index is 12.6. The fourth-order valence-electron chi connectivity index (χ4n) is 2.72. The van der Waals surface area contributed by atoms with Crippen LogP contribution in [0.3, 0.4) is 0 Å². The minimum atomic E-state index is -0.310. The molecule has 0 saturated heterocycles. The molecule has 0 aliphatic rings. The van der Waals surface area contributed by atoms with E-state index in [0.717, 1.165) is 4.88 Å². The van der Waals surface area contributed by atoms with Gasteiger partial charge >= 0.3 is 0 Å². The molecule has 1 N–H and O–H groups in total. The number of rotatable bonds is 5. The first-order chi connectivity index (χ1) is 13.5. The molecule has 0 saturated carbocycles. The Balaban J connectivity index is 1.50. The number of ketones is 1. The van der Waals surface area contributed by atoms with Crippen molar-refractivity contribution < 1.29 is 14.0 Å². The average molecular weight is 392 g/mol. The summed E-state index contributed by atoms with van der Waals surface area (Å²) < 4.78 is 7.00. The summed E-state index contributed by atoms with van der Waals surface area (Å²) in [4.78, 5) is 34.3. The monoisotopic (exact) mass is 392 g/mol. The summed E-state index contributed by atoms with van der Waals surface area (Å²) >= 11 is 1.40. The van der Waals surface area contributed by atoms with Crippen LogP contribution >= 0.6 is 11.3 Å². The largest absolute Gasteiger partial charge is 0.462 e. The molecule has 0 spiro atoms. The van der Waals surface area contributed by atoms with Gasteiger partial charge in [-0.2, -0.15) is 0 Å². The molecular formula is C20H16N4O3S. The van der Waals surface area contributed by atoms with Crippen LogP contribution in [0.5, 0.6) is 0 Å². The fourth-order valence-corrected chi connectivity index (χ4v) is 3.60. The van der Waals surface area contributed by atoms with Gasteiger partial charge in [-0.15, -0.1) is 11.3 Å². The molecule has 8 heteroatoms. The van der Waals surface area contributed by atoms with Crippen LogP contribution in [0.2, 0.25) is 0 Å². The minimum absolute atomic E-state index is 0.177. The average Bonchev–Trinajstić information content (AvgIpc) is 3.42. The quantitative estimate of drug-likeness (QED) is 0.520. The molecule has 7 nitrogen and oxygen atoms in total. The number of carbonyl (C=O) groups excluding carboxylic acids is 2. The molecule has 1 amide bonds. The van der Waals surface area contributed by atoms with Gasteiger partial charge in [0, 0.05) is 35.6 Å².